The SMILES string of the molecule is CCCCC1CCCC(=C\c2ccccc2)/C1=N/OCCCN(C)C. The molecule has 1 atom stereocenters. The van der Waals surface area contributed by atoms with Crippen LogP contribution >= 0.6 is 0 Å². The Morgan fingerprint density at radius 1 is 1.20 bits per heavy atom. The molecule has 25 heavy (non-hydrogen) atoms. The number of rotatable bonds is 9. The topological polar surface area (TPSA) is 24.8 Å². The second-order valence-electron chi connectivity index (χ2n) is 7.28. The van der Waals surface area contributed by atoms with E-state index in [0.717, 1.165) is 19.4 Å². The Morgan fingerprint density at radius 3 is 2.72 bits per heavy atom. The van der Waals surface area contributed by atoms with Gasteiger partial charge in [-0.1, -0.05) is 55.3 Å². The molecular weight excluding hydrogens is 308 g/mol. The molecule has 0 aromatic heterocycles. The summed E-state index contributed by atoms with van der Waals surface area (Å²) in [4.78, 5) is 7.90. The van der Waals surface area contributed by atoms with Gasteiger partial charge in [0.25, 0.3) is 0 Å². The lowest BCUT2D eigenvalue weighted by atomic mass is 9.80. The largest absolute Gasteiger partial charge is 0.396 e. The van der Waals surface area contributed by atoms with Crippen molar-refractivity contribution in [3.8, 4) is 0 Å². The van der Waals surface area contributed by atoms with Crippen LogP contribution in [-0.4, -0.2) is 37.9 Å². The predicted octanol–water partition coefficient (Wildman–Crippen LogP) is 5.38. The number of benzene rings is 1. The summed E-state index contributed by atoms with van der Waals surface area (Å²) in [6, 6.07) is 10.6. The van der Waals surface area contributed by atoms with Crippen molar-refractivity contribution in [1.82, 2.24) is 4.90 Å². The highest BCUT2D eigenvalue weighted by molar-refractivity contribution is 6.05. The standard InChI is InChI=1S/C22H34N2O/c1-4-5-13-20-14-9-15-21(18-19-11-7-6-8-12-19)22(20)23-25-17-10-16-24(2)3/h6-8,11-12,18,20H,4-5,9-10,13-17H2,1-3H3/b21-18+,23-22+. The van der Waals surface area contributed by atoms with Gasteiger partial charge in [0.15, 0.2) is 0 Å². The number of unbranched alkanes of at least 4 members (excludes halogenated alkanes) is 1. The second kappa shape index (κ2) is 11.1. The fourth-order valence-electron chi connectivity index (χ4n) is 3.39. The van der Waals surface area contributed by atoms with Crippen molar-refractivity contribution in [2.45, 2.75) is 51.9 Å². The monoisotopic (exact) mass is 342 g/mol. The lowest BCUT2D eigenvalue weighted by molar-refractivity contribution is 0.133. The first-order valence-corrected chi connectivity index (χ1v) is 9.81. The second-order valence-corrected chi connectivity index (χ2v) is 7.28. The molecule has 0 aliphatic heterocycles. The van der Waals surface area contributed by atoms with Crippen LogP contribution in [0.25, 0.3) is 6.08 Å². The molecule has 138 valence electrons. The van der Waals surface area contributed by atoms with Gasteiger partial charge in [0, 0.05) is 12.5 Å². The Labute approximate surface area is 153 Å². The Bertz CT molecular complexity index is 548. The zero-order valence-electron chi connectivity index (χ0n) is 16.2. The van der Waals surface area contributed by atoms with Crippen LogP contribution in [0, 0.1) is 5.92 Å². The lowest BCUT2D eigenvalue weighted by Gasteiger charge is -2.26. The highest BCUT2D eigenvalue weighted by atomic mass is 16.6. The molecule has 0 bridgehead atoms. The van der Waals surface area contributed by atoms with Gasteiger partial charge >= 0.3 is 0 Å². The Hall–Kier alpha value is -1.61. The molecule has 0 spiro atoms. The third-order valence-corrected chi connectivity index (χ3v) is 4.76. The molecule has 0 amide bonds. The maximum Gasteiger partial charge on any atom is 0.118 e. The van der Waals surface area contributed by atoms with Crippen LogP contribution in [0.15, 0.2) is 41.1 Å². The summed E-state index contributed by atoms with van der Waals surface area (Å²) >= 11 is 0. The summed E-state index contributed by atoms with van der Waals surface area (Å²) in [5.41, 5.74) is 3.83. The summed E-state index contributed by atoms with van der Waals surface area (Å²) < 4.78 is 0. The van der Waals surface area contributed by atoms with E-state index in [1.54, 1.807) is 0 Å². The number of hydrogen-bond acceptors (Lipinski definition) is 3. The molecule has 0 saturated heterocycles. The van der Waals surface area contributed by atoms with Crippen LogP contribution in [-0.2, 0) is 4.84 Å². The van der Waals surface area contributed by atoms with E-state index in [9.17, 15) is 0 Å². The fourth-order valence-corrected chi connectivity index (χ4v) is 3.39. The quantitative estimate of drug-likeness (QED) is 0.444. The normalized spacial score (nSPS) is 21.2. The fraction of sp³-hybridized carbons (Fsp3) is 0.591. The molecule has 1 unspecified atom stereocenters. The van der Waals surface area contributed by atoms with Gasteiger partial charge < -0.3 is 9.74 Å². The number of nitrogens with zero attached hydrogens (tertiary/aromatic N) is 2. The molecule has 2 rings (SSSR count). The number of oxime groups is 1. The molecule has 0 heterocycles. The van der Waals surface area contributed by atoms with Crippen molar-refractivity contribution in [2.24, 2.45) is 11.1 Å². The van der Waals surface area contributed by atoms with Gasteiger partial charge in [-0.05, 0) is 63.4 Å². The van der Waals surface area contributed by atoms with Gasteiger partial charge in [0.05, 0.1) is 5.71 Å². The molecule has 1 aliphatic carbocycles. The minimum absolute atomic E-state index is 0.553. The van der Waals surface area contributed by atoms with E-state index >= 15 is 0 Å². The van der Waals surface area contributed by atoms with Gasteiger partial charge in [-0.15, -0.1) is 0 Å². The zero-order chi connectivity index (χ0) is 17.9. The summed E-state index contributed by atoms with van der Waals surface area (Å²) in [6.07, 6.45) is 10.7. The van der Waals surface area contributed by atoms with Crippen molar-refractivity contribution < 1.29 is 4.84 Å². The highest BCUT2D eigenvalue weighted by Crippen LogP contribution is 2.31. The molecule has 3 heteroatoms. The molecule has 1 aromatic rings. The molecule has 1 aliphatic rings. The van der Waals surface area contributed by atoms with Gasteiger partial charge in [-0.2, -0.15) is 0 Å². The van der Waals surface area contributed by atoms with E-state index in [0.29, 0.717) is 12.5 Å². The summed E-state index contributed by atoms with van der Waals surface area (Å²) in [5, 5.41) is 4.62. The minimum atomic E-state index is 0.553. The van der Waals surface area contributed by atoms with Crippen LogP contribution < -0.4 is 0 Å². The third-order valence-electron chi connectivity index (χ3n) is 4.76. The molecule has 1 fully saturated rings. The average Bonchev–Trinajstić information content (AvgIpc) is 2.61. The summed E-state index contributed by atoms with van der Waals surface area (Å²) in [7, 11) is 4.18. The van der Waals surface area contributed by atoms with Crippen molar-refractivity contribution in [2.75, 3.05) is 27.2 Å². The maximum atomic E-state index is 5.72. The molecule has 0 radical (unpaired) electrons. The Balaban J connectivity index is 2.09. The molecular formula is C22H34N2O. The van der Waals surface area contributed by atoms with Crippen molar-refractivity contribution >= 4 is 11.8 Å². The minimum Gasteiger partial charge on any atom is -0.396 e. The van der Waals surface area contributed by atoms with Gasteiger partial charge in [-0.25, -0.2) is 0 Å². The summed E-state index contributed by atoms with van der Waals surface area (Å²) in [5.74, 6) is 0.553. The lowest BCUT2D eigenvalue weighted by Crippen LogP contribution is -2.23. The van der Waals surface area contributed by atoms with E-state index in [1.807, 2.05) is 0 Å². The third kappa shape index (κ3) is 7.03. The molecule has 1 aromatic carbocycles. The van der Waals surface area contributed by atoms with Gasteiger partial charge in [0.1, 0.15) is 6.61 Å². The van der Waals surface area contributed by atoms with Crippen LogP contribution in [0.2, 0.25) is 0 Å². The van der Waals surface area contributed by atoms with E-state index in [1.165, 1.54) is 49.0 Å². The molecule has 3 nitrogen and oxygen atoms in total. The van der Waals surface area contributed by atoms with Crippen molar-refractivity contribution in [1.29, 1.82) is 0 Å². The van der Waals surface area contributed by atoms with E-state index < -0.39 is 0 Å². The van der Waals surface area contributed by atoms with Crippen LogP contribution in [0.4, 0.5) is 0 Å². The maximum absolute atomic E-state index is 5.72. The van der Waals surface area contributed by atoms with E-state index in [4.69, 9.17) is 4.84 Å². The zero-order valence-corrected chi connectivity index (χ0v) is 16.2. The first kappa shape index (κ1) is 19.7. The first-order valence-electron chi connectivity index (χ1n) is 9.81. The first-order chi connectivity index (χ1) is 12.2. The summed E-state index contributed by atoms with van der Waals surface area (Å²) in [6.45, 7) is 4.00. The van der Waals surface area contributed by atoms with Gasteiger partial charge in [-0.3, -0.25) is 0 Å². The average molecular weight is 343 g/mol. The number of allylic oxidation sites excluding steroid dienone is 1. The van der Waals surface area contributed by atoms with Crippen molar-refractivity contribution in [3.63, 3.8) is 0 Å². The van der Waals surface area contributed by atoms with Gasteiger partial charge in [0.2, 0.25) is 0 Å². The van der Waals surface area contributed by atoms with Crippen LogP contribution in [0.5, 0.6) is 0 Å². The van der Waals surface area contributed by atoms with Crippen LogP contribution in [0.3, 0.4) is 0 Å². The smallest absolute Gasteiger partial charge is 0.118 e. The highest BCUT2D eigenvalue weighted by Gasteiger charge is 2.25. The van der Waals surface area contributed by atoms with Crippen LogP contribution in [0.1, 0.15) is 57.4 Å². The number of hydrogen-bond donors (Lipinski definition) is 0. The van der Waals surface area contributed by atoms with Crippen molar-refractivity contribution in [3.05, 3.63) is 41.5 Å². The Kier molecular flexibility index (Phi) is 8.75. The van der Waals surface area contributed by atoms with E-state index in [-0.39, 0.29) is 0 Å². The predicted molar refractivity (Wildman–Crippen MR) is 108 cm³/mol. The Morgan fingerprint density at radius 2 is 2.00 bits per heavy atom. The van der Waals surface area contributed by atoms with E-state index in [2.05, 4.69) is 67.5 Å². The molecule has 1 saturated carbocycles. The molecule has 0 N–H and O–H groups in total.